The lowest BCUT2D eigenvalue weighted by Gasteiger charge is -2.36. The highest BCUT2D eigenvalue weighted by atomic mass is 32.2. The molecule has 174 valence electrons. The smallest absolute Gasteiger partial charge is 0.233 e. The molecule has 2 aromatic heterocycles. The van der Waals surface area contributed by atoms with Crippen molar-refractivity contribution in [2.45, 2.75) is 11.6 Å². The SMILES string of the molecule is COc1ccc(Cn2ccc3c(SCC(=O)N4CCN(c5ccccc5)CC4)nccc32)cc1. The van der Waals surface area contributed by atoms with Crippen molar-refractivity contribution in [1.29, 1.82) is 0 Å². The molecule has 3 heterocycles. The summed E-state index contributed by atoms with van der Waals surface area (Å²) < 4.78 is 7.47. The zero-order chi connectivity index (χ0) is 23.3. The van der Waals surface area contributed by atoms with Crippen molar-refractivity contribution in [3.05, 3.63) is 84.7 Å². The number of nitrogens with zero attached hydrogens (tertiary/aromatic N) is 4. The first-order valence-electron chi connectivity index (χ1n) is 11.5. The Morgan fingerprint density at radius 1 is 0.971 bits per heavy atom. The topological polar surface area (TPSA) is 50.6 Å². The summed E-state index contributed by atoms with van der Waals surface area (Å²) in [7, 11) is 1.68. The number of hydrogen-bond acceptors (Lipinski definition) is 5. The maximum atomic E-state index is 12.9. The maximum absolute atomic E-state index is 12.9. The fourth-order valence-corrected chi connectivity index (χ4v) is 5.26. The number of piperazine rings is 1. The van der Waals surface area contributed by atoms with Gasteiger partial charge in [0.2, 0.25) is 5.91 Å². The molecule has 0 spiro atoms. The Balaban J connectivity index is 1.20. The number of rotatable bonds is 7. The van der Waals surface area contributed by atoms with E-state index in [1.807, 2.05) is 35.4 Å². The first-order valence-corrected chi connectivity index (χ1v) is 12.5. The minimum atomic E-state index is 0.175. The largest absolute Gasteiger partial charge is 0.497 e. The number of hydrogen-bond donors (Lipinski definition) is 0. The Bertz CT molecular complexity index is 1250. The van der Waals surface area contributed by atoms with Crippen LogP contribution in [-0.4, -0.2) is 59.4 Å². The molecule has 34 heavy (non-hydrogen) atoms. The van der Waals surface area contributed by atoms with Gasteiger partial charge in [0.15, 0.2) is 0 Å². The summed E-state index contributed by atoms with van der Waals surface area (Å²) in [6.07, 6.45) is 3.92. The molecule has 0 atom stereocenters. The van der Waals surface area contributed by atoms with Crippen LogP contribution in [0.3, 0.4) is 0 Å². The van der Waals surface area contributed by atoms with E-state index in [4.69, 9.17) is 4.74 Å². The molecular weight excluding hydrogens is 444 g/mol. The lowest BCUT2D eigenvalue weighted by molar-refractivity contribution is -0.128. The van der Waals surface area contributed by atoms with Gasteiger partial charge >= 0.3 is 0 Å². The molecule has 1 aliphatic heterocycles. The Morgan fingerprint density at radius 2 is 1.74 bits per heavy atom. The Morgan fingerprint density at radius 3 is 2.47 bits per heavy atom. The fraction of sp³-hybridized carbons (Fsp3) is 0.259. The first kappa shape index (κ1) is 22.3. The number of amides is 1. The molecule has 2 aromatic carbocycles. The number of anilines is 1. The molecule has 1 aliphatic rings. The summed E-state index contributed by atoms with van der Waals surface area (Å²) >= 11 is 1.53. The van der Waals surface area contributed by atoms with Crippen LogP contribution in [0, 0.1) is 0 Å². The number of benzene rings is 2. The van der Waals surface area contributed by atoms with E-state index in [1.165, 1.54) is 23.0 Å². The van der Waals surface area contributed by atoms with Crippen LogP contribution in [0.1, 0.15) is 5.56 Å². The van der Waals surface area contributed by atoms with E-state index in [9.17, 15) is 4.79 Å². The summed E-state index contributed by atoms with van der Waals surface area (Å²) in [5.41, 5.74) is 3.55. The first-order chi connectivity index (χ1) is 16.7. The van der Waals surface area contributed by atoms with E-state index in [2.05, 4.69) is 63.1 Å². The highest BCUT2D eigenvalue weighted by Crippen LogP contribution is 2.28. The minimum Gasteiger partial charge on any atom is -0.497 e. The molecular formula is C27H28N4O2S. The van der Waals surface area contributed by atoms with Crippen molar-refractivity contribution in [3.8, 4) is 5.75 Å². The van der Waals surface area contributed by atoms with Crippen molar-refractivity contribution >= 4 is 34.3 Å². The van der Waals surface area contributed by atoms with Crippen molar-refractivity contribution in [3.63, 3.8) is 0 Å². The van der Waals surface area contributed by atoms with Crippen LogP contribution < -0.4 is 9.64 Å². The van der Waals surface area contributed by atoms with Crippen molar-refractivity contribution in [2.75, 3.05) is 43.9 Å². The van der Waals surface area contributed by atoms with Gasteiger partial charge in [0, 0.05) is 56.2 Å². The molecule has 6 nitrogen and oxygen atoms in total. The van der Waals surface area contributed by atoms with Crippen LogP contribution in [-0.2, 0) is 11.3 Å². The van der Waals surface area contributed by atoms with E-state index >= 15 is 0 Å². The molecule has 4 aromatic rings. The zero-order valence-electron chi connectivity index (χ0n) is 19.3. The van der Waals surface area contributed by atoms with Gasteiger partial charge < -0.3 is 19.1 Å². The number of carbonyl (C=O) groups excluding carboxylic acids is 1. The summed E-state index contributed by atoms with van der Waals surface area (Å²) in [5.74, 6) is 1.44. The Labute approximate surface area is 204 Å². The van der Waals surface area contributed by atoms with Crippen LogP contribution in [0.2, 0.25) is 0 Å². The Hall–Kier alpha value is -3.45. The average Bonchev–Trinajstić information content (AvgIpc) is 3.31. The number of aromatic nitrogens is 2. The zero-order valence-corrected chi connectivity index (χ0v) is 20.1. The normalized spacial score (nSPS) is 13.9. The number of pyridine rings is 1. The molecule has 0 radical (unpaired) electrons. The predicted octanol–water partition coefficient (Wildman–Crippen LogP) is 4.53. The van der Waals surface area contributed by atoms with Gasteiger partial charge in [0.1, 0.15) is 10.8 Å². The number of para-hydroxylation sites is 1. The summed E-state index contributed by atoms with van der Waals surface area (Å²) in [6.45, 7) is 4.01. The second kappa shape index (κ2) is 10.2. The van der Waals surface area contributed by atoms with E-state index in [0.29, 0.717) is 5.75 Å². The summed E-state index contributed by atoms with van der Waals surface area (Å²) in [5, 5.41) is 1.99. The number of ether oxygens (including phenoxy) is 1. The third-order valence-electron chi connectivity index (χ3n) is 6.26. The third-order valence-corrected chi connectivity index (χ3v) is 7.25. The van der Waals surface area contributed by atoms with Crippen molar-refractivity contribution in [2.24, 2.45) is 0 Å². The van der Waals surface area contributed by atoms with Gasteiger partial charge in [-0.2, -0.15) is 0 Å². The van der Waals surface area contributed by atoms with Crippen LogP contribution in [0.25, 0.3) is 10.9 Å². The molecule has 0 aliphatic carbocycles. The van der Waals surface area contributed by atoms with Gasteiger partial charge in [-0.15, -0.1) is 0 Å². The number of thioether (sulfide) groups is 1. The average molecular weight is 473 g/mol. The van der Waals surface area contributed by atoms with E-state index in [1.54, 1.807) is 7.11 Å². The summed E-state index contributed by atoms with van der Waals surface area (Å²) in [4.78, 5) is 21.8. The maximum Gasteiger partial charge on any atom is 0.233 e. The van der Waals surface area contributed by atoms with Gasteiger partial charge in [-0.25, -0.2) is 4.98 Å². The molecule has 1 amide bonds. The predicted molar refractivity (Wildman–Crippen MR) is 138 cm³/mol. The van der Waals surface area contributed by atoms with Gasteiger partial charge in [0.25, 0.3) is 0 Å². The molecule has 7 heteroatoms. The number of methoxy groups -OCH3 is 1. The molecule has 0 N–H and O–H groups in total. The van der Waals surface area contributed by atoms with Crippen molar-refractivity contribution in [1.82, 2.24) is 14.5 Å². The quantitative estimate of drug-likeness (QED) is 0.370. The van der Waals surface area contributed by atoms with E-state index in [-0.39, 0.29) is 5.91 Å². The second-order valence-corrected chi connectivity index (χ2v) is 9.30. The Kier molecular flexibility index (Phi) is 6.72. The molecule has 0 unspecified atom stereocenters. The second-order valence-electron chi connectivity index (χ2n) is 8.33. The molecule has 0 saturated carbocycles. The van der Waals surface area contributed by atoms with E-state index in [0.717, 1.165) is 54.4 Å². The number of carbonyl (C=O) groups is 1. The van der Waals surface area contributed by atoms with Gasteiger partial charge in [0.05, 0.1) is 18.4 Å². The van der Waals surface area contributed by atoms with Gasteiger partial charge in [-0.05, 0) is 42.0 Å². The third kappa shape index (κ3) is 4.89. The summed E-state index contributed by atoms with van der Waals surface area (Å²) in [6, 6.07) is 22.6. The molecule has 1 saturated heterocycles. The van der Waals surface area contributed by atoms with E-state index < -0.39 is 0 Å². The van der Waals surface area contributed by atoms with Crippen LogP contribution in [0.4, 0.5) is 5.69 Å². The molecule has 0 bridgehead atoms. The molecule has 5 rings (SSSR count). The van der Waals surface area contributed by atoms with Crippen LogP contribution >= 0.6 is 11.8 Å². The van der Waals surface area contributed by atoms with Crippen molar-refractivity contribution < 1.29 is 9.53 Å². The van der Waals surface area contributed by atoms with Gasteiger partial charge in [-0.1, -0.05) is 42.1 Å². The van der Waals surface area contributed by atoms with Crippen LogP contribution in [0.5, 0.6) is 5.75 Å². The minimum absolute atomic E-state index is 0.175. The number of fused-ring (bicyclic) bond motifs is 1. The molecule has 1 fully saturated rings. The highest BCUT2D eigenvalue weighted by molar-refractivity contribution is 8.00. The highest BCUT2D eigenvalue weighted by Gasteiger charge is 2.21. The lowest BCUT2D eigenvalue weighted by Crippen LogP contribution is -2.49. The monoisotopic (exact) mass is 472 g/mol. The van der Waals surface area contributed by atoms with Gasteiger partial charge in [-0.3, -0.25) is 4.79 Å². The fourth-order valence-electron chi connectivity index (χ4n) is 4.35. The standard InChI is InChI=1S/C27H28N4O2S/c1-33-23-9-7-21(8-10-23)19-31-14-12-24-25(31)11-13-28-27(24)34-20-26(32)30-17-15-29(16-18-30)22-5-3-2-4-6-22/h2-14H,15-20H2,1H3. The lowest BCUT2D eigenvalue weighted by atomic mass is 10.2. The van der Waals surface area contributed by atoms with Crippen LogP contribution in [0.15, 0.2) is 84.1 Å².